The van der Waals surface area contributed by atoms with Crippen molar-refractivity contribution in [1.82, 2.24) is 9.62 Å². The van der Waals surface area contributed by atoms with Crippen LogP contribution in [0.15, 0.2) is 15.6 Å². The van der Waals surface area contributed by atoms with E-state index in [1.807, 2.05) is 0 Å². The van der Waals surface area contributed by atoms with Crippen molar-refractivity contribution in [1.29, 1.82) is 0 Å². The third-order valence-corrected chi connectivity index (χ3v) is 6.15. The number of sulfonamides is 1. The molecule has 0 saturated carbocycles. The predicted molar refractivity (Wildman–Crippen MR) is 100 cm³/mol. The molecule has 0 bridgehead atoms. The summed E-state index contributed by atoms with van der Waals surface area (Å²) < 4.78 is 37.3. The maximum atomic E-state index is 13.0. The Kier molecular flexibility index (Phi) is 8.73. The van der Waals surface area contributed by atoms with Crippen LogP contribution in [-0.2, 0) is 19.6 Å². The number of carbonyl (C=O) groups is 2. The molecule has 1 saturated heterocycles. The summed E-state index contributed by atoms with van der Waals surface area (Å²) in [4.78, 5) is 23.3. The molecule has 2 rings (SSSR count). The Morgan fingerprint density at radius 3 is 2.74 bits per heavy atom. The first kappa shape index (κ1) is 23.4. The van der Waals surface area contributed by atoms with Gasteiger partial charge in [0.25, 0.3) is 10.0 Å². The molecule has 0 aromatic carbocycles. The van der Waals surface area contributed by atoms with Gasteiger partial charge in [0.15, 0.2) is 0 Å². The SMILES string of the molecule is COC(=O)c1cc(S(=O)(=O)N2CCCCC2CNC(=O)CCN)oc1C.Cl. The van der Waals surface area contributed by atoms with E-state index >= 15 is 0 Å². The van der Waals surface area contributed by atoms with Gasteiger partial charge in [-0.05, 0) is 19.8 Å². The number of piperidine rings is 1. The fourth-order valence-electron chi connectivity index (χ4n) is 2.96. The van der Waals surface area contributed by atoms with Crippen molar-refractivity contribution >= 4 is 34.3 Å². The van der Waals surface area contributed by atoms with E-state index in [1.54, 1.807) is 0 Å². The van der Waals surface area contributed by atoms with E-state index in [-0.39, 0.29) is 60.3 Å². The molecule has 1 aromatic rings. The van der Waals surface area contributed by atoms with Crippen molar-refractivity contribution in [2.75, 3.05) is 26.7 Å². The van der Waals surface area contributed by atoms with Gasteiger partial charge in [-0.3, -0.25) is 4.79 Å². The molecule has 11 heteroatoms. The van der Waals surface area contributed by atoms with E-state index in [2.05, 4.69) is 10.1 Å². The van der Waals surface area contributed by atoms with Gasteiger partial charge in [0.05, 0.1) is 7.11 Å². The molecule has 1 aliphatic heterocycles. The summed E-state index contributed by atoms with van der Waals surface area (Å²) in [6.45, 7) is 2.28. The van der Waals surface area contributed by atoms with Gasteiger partial charge < -0.3 is 20.2 Å². The second kappa shape index (κ2) is 10.1. The van der Waals surface area contributed by atoms with Crippen LogP contribution in [0.25, 0.3) is 0 Å². The first-order chi connectivity index (χ1) is 12.3. The van der Waals surface area contributed by atoms with Gasteiger partial charge in [-0.25, -0.2) is 13.2 Å². The lowest BCUT2D eigenvalue weighted by molar-refractivity contribution is -0.121. The molecule has 0 aliphatic carbocycles. The summed E-state index contributed by atoms with van der Waals surface area (Å²) in [6.07, 6.45) is 2.41. The molecule has 0 spiro atoms. The number of ether oxygens (including phenoxy) is 1. The van der Waals surface area contributed by atoms with Gasteiger partial charge in [-0.2, -0.15) is 4.31 Å². The van der Waals surface area contributed by atoms with Crippen LogP contribution in [0.5, 0.6) is 0 Å². The average Bonchev–Trinajstić information content (AvgIpc) is 3.02. The second-order valence-electron chi connectivity index (χ2n) is 6.13. The number of amides is 1. The monoisotopic (exact) mass is 423 g/mol. The van der Waals surface area contributed by atoms with Crippen molar-refractivity contribution in [3.63, 3.8) is 0 Å². The summed E-state index contributed by atoms with van der Waals surface area (Å²) in [5.74, 6) is -0.686. The molecule has 154 valence electrons. The Labute approximate surface area is 165 Å². The molecular weight excluding hydrogens is 398 g/mol. The molecule has 2 heterocycles. The Bertz CT molecular complexity index is 764. The zero-order valence-electron chi connectivity index (χ0n) is 15.4. The zero-order chi connectivity index (χ0) is 19.3. The number of nitrogens with two attached hydrogens (primary N) is 1. The van der Waals surface area contributed by atoms with Crippen molar-refractivity contribution in [3.8, 4) is 0 Å². The Hall–Kier alpha value is -1.62. The molecule has 9 nitrogen and oxygen atoms in total. The summed E-state index contributed by atoms with van der Waals surface area (Å²) >= 11 is 0. The van der Waals surface area contributed by atoms with Gasteiger partial charge in [0.2, 0.25) is 11.0 Å². The van der Waals surface area contributed by atoms with E-state index < -0.39 is 16.0 Å². The molecule has 1 atom stereocenters. The molecule has 0 radical (unpaired) electrons. The van der Waals surface area contributed by atoms with Crippen molar-refractivity contribution in [3.05, 3.63) is 17.4 Å². The molecule has 27 heavy (non-hydrogen) atoms. The lowest BCUT2D eigenvalue weighted by Gasteiger charge is -2.34. The topological polar surface area (TPSA) is 132 Å². The van der Waals surface area contributed by atoms with Crippen LogP contribution in [0.3, 0.4) is 0 Å². The molecule has 1 amide bonds. The fourth-order valence-corrected chi connectivity index (χ4v) is 4.63. The number of esters is 1. The Morgan fingerprint density at radius 2 is 2.11 bits per heavy atom. The number of hydrogen-bond acceptors (Lipinski definition) is 7. The summed E-state index contributed by atoms with van der Waals surface area (Å²) in [5, 5.41) is 2.43. The van der Waals surface area contributed by atoms with Crippen LogP contribution in [0.2, 0.25) is 0 Å². The highest BCUT2D eigenvalue weighted by atomic mass is 35.5. The molecule has 1 aromatic heterocycles. The number of halogens is 1. The number of furan rings is 1. The number of nitrogens with zero attached hydrogens (tertiary/aromatic N) is 1. The highest BCUT2D eigenvalue weighted by Crippen LogP contribution is 2.28. The van der Waals surface area contributed by atoms with Crippen LogP contribution in [-0.4, -0.2) is 57.4 Å². The van der Waals surface area contributed by atoms with E-state index in [9.17, 15) is 18.0 Å². The first-order valence-electron chi connectivity index (χ1n) is 8.48. The molecule has 3 N–H and O–H groups in total. The van der Waals surface area contributed by atoms with Crippen molar-refractivity contribution in [2.24, 2.45) is 5.73 Å². The van der Waals surface area contributed by atoms with Crippen LogP contribution in [0.1, 0.15) is 41.8 Å². The van der Waals surface area contributed by atoms with E-state index in [0.29, 0.717) is 13.0 Å². The molecular formula is C16H26ClN3O6S. The minimum atomic E-state index is -3.93. The fraction of sp³-hybridized carbons (Fsp3) is 0.625. The third-order valence-electron chi connectivity index (χ3n) is 4.34. The number of nitrogens with one attached hydrogen (secondary N) is 1. The van der Waals surface area contributed by atoms with E-state index in [4.69, 9.17) is 10.2 Å². The van der Waals surface area contributed by atoms with Gasteiger partial charge in [0, 0.05) is 38.2 Å². The maximum Gasteiger partial charge on any atom is 0.341 e. The zero-order valence-corrected chi connectivity index (χ0v) is 17.0. The maximum absolute atomic E-state index is 13.0. The Morgan fingerprint density at radius 1 is 1.41 bits per heavy atom. The largest absolute Gasteiger partial charge is 0.465 e. The number of aryl methyl sites for hydroxylation is 1. The number of rotatable bonds is 7. The van der Waals surface area contributed by atoms with Crippen LogP contribution in [0.4, 0.5) is 0 Å². The van der Waals surface area contributed by atoms with Crippen LogP contribution in [0, 0.1) is 6.92 Å². The Balaban J connectivity index is 0.00000364. The highest BCUT2D eigenvalue weighted by molar-refractivity contribution is 7.89. The summed E-state index contributed by atoms with van der Waals surface area (Å²) in [6, 6.07) is 0.817. The van der Waals surface area contributed by atoms with Gasteiger partial charge in [-0.15, -0.1) is 12.4 Å². The molecule has 1 fully saturated rings. The predicted octanol–water partition coefficient (Wildman–Crippen LogP) is 0.805. The highest BCUT2D eigenvalue weighted by Gasteiger charge is 2.36. The molecule has 1 unspecified atom stereocenters. The minimum Gasteiger partial charge on any atom is -0.465 e. The van der Waals surface area contributed by atoms with Gasteiger partial charge in [-0.1, -0.05) is 6.42 Å². The number of methoxy groups -OCH3 is 1. The molecule has 1 aliphatic rings. The summed E-state index contributed by atoms with van der Waals surface area (Å²) in [5.41, 5.74) is 5.43. The summed E-state index contributed by atoms with van der Waals surface area (Å²) in [7, 11) is -2.72. The normalized spacial score (nSPS) is 17.8. The average molecular weight is 424 g/mol. The van der Waals surface area contributed by atoms with Crippen molar-refractivity contribution < 1.29 is 27.2 Å². The van der Waals surface area contributed by atoms with Crippen LogP contribution < -0.4 is 11.1 Å². The van der Waals surface area contributed by atoms with Crippen molar-refractivity contribution in [2.45, 2.75) is 43.7 Å². The third kappa shape index (κ3) is 5.44. The van der Waals surface area contributed by atoms with Gasteiger partial charge >= 0.3 is 5.97 Å². The minimum absolute atomic E-state index is 0. The standard InChI is InChI=1S/C16H25N3O6S.ClH/c1-11-13(16(21)24-2)9-15(25-11)26(22,23)19-8-4-3-5-12(19)10-18-14(20)6-7-17;/h9,12H,3-8,10,17H2,1-2H3,(H,18,20);1H. The van der Waals surface area contributed by atoms with Gasteiger partial charge in [0.1, 0.15) is 11.3 Å². The smallest absolute Gasteiger partial charge is 0.341 e. The van der Waals surface area contributed by atoms with E-state index in [1.165, 1.54) is 24.4 Å². The van der Waals surface area contributed by atoms with Crippen LogP contribution >= 0.6 is 12.4 Å². The second-order valence-corrected chi connectivity index (χ2v) is 7.96. The quantitative estimate of drug-likeness (QED) is 0.620. The lowest BCUT2D eigenvalue weighted by Crippen LogP contribution is -2.49. The number of carbonyl (C=O) groups excluding carboxylic acids is 2. The first-order valence-corrected chi connectivity index (χ1v) is 9.92. The number of hydrogen-bond donors (Lipinski definition) is 2. The lowest BCUT2D eigenvalue weighted by atomic mass is 10.1. The van der Waals surface area contributed by atoms with E-state index in [0.717, 1.165) is 12.8 Å².